The fraction of sp³-hybridized carbons (Fsp3) is 0.250. The van der Waals surface area contributed by atoms with Crippen molar-refractivity contribution in [2.24, 2.45) is 5.73 Å². The molecular formula is C12H15NO3. The van der Waals surface area contributed by atoms with Crippen molar-refractivity contribution < 1.29 is 14.3 Å². The maximum Gasteiger partial charge on any atom is 0.336 e. The maximum absolute atomic E-state index is 11.4. The van der Waals surface area contributed by atoms with Crippen LogP contribution in [-0.2, 0) is 4.79 Å². The Morgan fingerprint density at radius 1 is 1.44 bits per heavy atom. The molecule has 0 spiro atoms. The highest BCUT2D eigenvalue weighted by atomic mass is 16.5. The summed E-state index contributed by atoms with van der Waals surface area (Å²) in [4.78, 5) is 11.4. The van der Waals surface area contributed by atoms with Gasteiger partial charge in [-0.1, -0.05) is 11.6 Å². The Kier molecular flexibility index (Phi) is 4.54. The predicted molar refractivity (Wildman–Crippen MR) is 61.4 cm³/mol. The minimum absolute atomic E-state index is 0.340. The van der Waals surface area contributed by atoms with Gasteiger partial charge in [-0.25, -0.2) is 4.79 Å². The van der Waals surface area contributed by atoms with Gasteiger partial charge in [-0.15, -0.1) is 0 Å². The Hall–Kier alpha value is -1.81. The number of ether oxygens (including phenoxy) is 2. The average molecular weight is 221 g/mol. The molecule has 4 heteroatoms. The minimum Gasteiger partial charge on any atom is -0.497 e. The zero-order valence-electron chi connectivity index (χ0n) is 9.40. The third-order valence-electron chi connectivity index (χ3n) is 1.95. The summed E-state index contributed by atoms with van der Waals surface area (Å²) in [6.07, 6.45) is 1.37. The zero-order valence-corrected chi connectivity index (χ0v) is 9.40. The molecule has 0 unspecified atom stereocenters. The first-order valence-electron chi connectivity index (χ1n) is 4.89. The van der Waals surface area contributed by atoms with E-state index in [1.54, 1.807) is 38.3 Å². The van der Waals surface area contributed by atoms with E-state index < -0.39 is 5.97 Å². The van der Waals surface area contributed by atoms with Crippen LogP contribution in [0.15, 0.2) is 35.9 Å². The van der Waals surface area contributed by atoms with Crippen LogP contribution in [0.5, 0.6) is 11.5 Å². The Morgan fingerprint density at radius 3 is 2.75 bits per heavy atom. The van der Waals surface area contributed by atoms with Gasteiger partial charge in [0.2, 0.25) is 0 Å². The predicted octanol–water partition coefficient (Wildman–Crippen LogP) is 1.51. The van der Waals surface area contributed by atoms with Crippen LogP contribution in [0, 0.1) is 0 Å². The van der Waals surface area contributed by atoms with Crippen LogP contribution < -0.4 is 15.2 Å². The molecule has 1 aromatic rings. The third-order valence-corrected chi connectivity index (χ3v) is 1.95. The first-order valence-corrected chi connectivity index (χ1v) is 4.89. The second-order valence-electron chi connectivity index (χ2n) is 3.29. The molecule has 0 atom stereocenters. The van der Waals surface area contributed by atoms with Crippen molar-refractivity contribution in [2.45, 2.75) is 6.92 Å². The molecule has 0 fully saturated rings. The van der Waals surface area contributed by atoms with Crippen LogP contribution in [0.25, 0.3) is 0 Å². The molecule has 0 radical (unpaired) electrons. The number of hydrogen-bond acceptors (Lipinski definition) is 4. The van der Waals surface area contributed by atoms with Gasteiger partial charge in [0.1, 0.15) is 11.5 Å². The molecule has 1 rings (SSSR count). The molecule has 0 aliphatic carbocycles. The zero-order chi connectivity index (χ0) is 12.0. The van der Waals surface area contributed by atoms with Crippen molar-refractivity contribution in [1.82, 2.24) is 0 Å². The summed E-state index contributed by atoms with van der Waals surface area (Å²) in [6.45, 7) is 2.11. The van der Waals surface area contributed by atoms with Crippen LogP contribution in [0.4, 0.5) is 0 Å². The lowest BCUT2D eigenvalue weighted by Gasteiger charge is -2.04. The van der Waals surface area contributed by atoms with Crippen LogP contribution in [0.1, 0.15) is 6.92 Å². The molecule has 0 saturated heterocycles. The number of nitrogens with two attached hydrogens (primary N) is 1. The van der Waals surface area contributed by atoms with E-state index in [4.69, 9.17) is 15.2 Å². The smallest absolute Gasteiger partial charge is 0.336 e. The molecule has 4 nitrogen and oxygen atoms in total. The Balaban J connectivity index is 2.69. The second kappa shape index (κ2) is 5.92. The number of carbonyl (C=O) groups excluding carboxylic acids is 1. The highest BCUT2D eigenvalue weighted by Gasteiger charge is 2.02. The molecule has 86 valence electrons. The fourth-order valence-corrected chi connectivity index (χ4v) is 1.07. The van der Waals surface area contributed by atoms with Gasteiger partial charge in [-0.05, 0) is 19.1 Å². The van der Waals surface area contributed by atoms with Gasteiger partial charge in [0.15, 0.2) is 0 Å². The third kappa shape index (κ3) is 3.74. The van der Waals surface area contributed by atoms with E-state index in [0.717, 1.165) is 5.57 Å². The van der Waals surface area contributed by atoms with Crippen molar-refractivity contribution in [1.29, 1.82) is 0 Å². The molecule has 1 aromatic carbocycles. The largest absolute Gasteiger partial charge is 0.497 e. The van der Waals surface area contributed by atoms with E-state index in [1.807, 2.05) is 0 Å². The molecule has 0 amide bonds. The fourth-order valence-electron chi connectivity index (χ4n) is 1.07. The average Bonchev–Trinajstić information content (AvgIpc) is 2.28. The van der Waals surface area contributed by atoms with Crippen molar-refractivity contribution in [3.05, 3.63) is 35.9 Å². The summed E-state index contributed by atoms with van der Waals surface area (Å²) >= 11 is 0. The van der Waals surface area contributed by atoms with Crippen molar-refractivity contribution in [3.63, 3.8) is 0 Å². The van der Waals surface area contributed by atoms with Gasteiger partial charge in [0.25, 0.3) is 0 Å². The molecule has 0 aromatic heterocycles. The second-order valence-corrected chi connectivity index (χ2v) is 3.29. The Bertz CT molecular complexity index is 399. The van der Waals surface area contributed by atoms with Gasteiger partial charge in [-0.2, -0.15) is 0 Å². The van der Waals surface area contributed by atoms with Gasteiger partial charge in [0.05, 0.1) is 7.11 Å². The van der Waals surface area contributed by atoms with E-state index in [1.165, 1.54) is 6.08 Å². The first kappa shape index (κ1) is 12.3. The number of esters is 1. The maximum atomic E-state index is 11.4. The molecule has 16 heavy (non-hydrogen) atoms. The summed E-state index contributed by atoms with van der Waals surface area (Å²) in [5, 5.41) is 0. The molecule has 0 bridgehead atoms. The van der Waals surface area contributed by atoms with Crippen molar-refractivity contribution >= 4 is 5.97 Å². The molecular weight excluding hydrogens is 206 g/mol. The lowest BCUT2D eigenvalue weighted by Crippen LogP contribution is -2.08. The highest BCUT2D eigenvalue weighted by Crippen LogP contribution is 2.19. The van der Waals surface area contributed by atoms with E-state index in [0.29, 0.717) is 18.0 Å². The standard InChI is InChI=1S/C12H15NO3/c1-9(8-13)6-12(14)16-11-5-3-4-10(7-11)15-2/h3-7H,8,13H2,1-2H3/b9-6+. The normalized spacial score (nSPS) is 11.1. The quantitative estimate of drug-likeness (QED) is 0.475. The summed E-state index contributed by atoms with van der Waals surface area (Å²) in [5.74, 6) is 0.659. The number of carbonyl (C=O) groups is 1. The summed E-state index contributed by atoms with van der Waals surface area (Å²) in [6, 6.07) is 6.86. The molecule has 0 saturated carbocycles. The molecule has 0 aliphatic rings. The molecule has 2 N–H and O–H groups in total. The lowest BCUT2D eigenvalue weighted by atomic mass is 10.3. The summed E-state index contributed by atoms with van der Waals surface area (Å²) < 4.78 is 10.1. The van der Waals surface area contributed by atoms with Crippen LogP contribution in [0.2, 0.25) is 0 Å². The minimum atomic E-state index is -0.434. The number of hydrogen-bond donors (Lipinski definition) is 1. The van der Waals surface area contributed by atoms with E-state index in [2.05, 4.69) is 0 Å². The Labute approximate surface area is 94.7 Å². The number of benzene rings is 1. The van der Waals surface area contributed by atoms with Crippen LogP contribution in [0.3, 0.4) is 0 Å². The monoisotopic (exact) mass is 221 g/mol. The highest BCUT2D eigenvalue weighted by molar-refractivity contribution is 5.84. The van der Waals surface area contributed by atoms with E-state index in [-0.39, 0.29) is 0 Å². The van der Waals surface area contributed by atoms with Gasteiger partial charge in [0, 0.05) is 18.7 Å². The van der Waals surface area contributed by atoms with Gasteiger partial charge < -0.3 is 15.2 Å². The number of methoxy groups -OCH3 is 1. The van der Waals surface area contributed by atoms with Crippen molar-refractivity contribution in [3.8, 4) is 11.5 Å². The number of rotatable bonds is 4. The van der Waals surface area contributed by atoms with Crippen LogP contribution in [-0.4, -0.2) is 19.6 Å². The van der Waals surface area contributed by atoms with E-state index >= 15 is 0 Å². The molecule has 0 heterocycles. The van der Waals surface area contributed by atoms with Crippen molar-refractivity contribution in [2.75, 3.05) is 13.7 Å². The SMILES string of the molecule is COc1cccc(OC(=O)/C=C(\C)CN)c1. The van der Waals surface area contributed by atoms with Gasteiger partial charge in [-0.3, -0.25) is 0 Å². The first-order chi connectivity index (χ1) is 7.65. The molecule has 0 aliphatic heterocycles. The summed E-state index contributed by atoms with van der Waals surface area (Å²) in [5.41, 5.74) is 6.13. The summed E-state index contributed by atoms with van der Waals surface area (Å²) in [7, 11) is 1.55. The van der Waals surface area contributed by atoms with Crippen LogP contribution >= 0.6 is 0 Å². The lowest BCUT2D eigenvalue weighted by molar-refractivity contribution is -0.129. The van der Waals surface area contributed by atoms with Gasteiger partial charge >= 0.3 is 5.97 Å². The van der Waals surface area contributed by atoms with E-state index in [9.17, 15) is 4.79 Å². The topological polar surface area (TPSA) is 61.5 Å². The Morgan fingerprint density at radius 2 is 2.12 bits per heavy atom.